The predicted octanol–water partition coefficient (Wildman–Crippen LogP) is 0.933. The van der Waals surface area contributed by atoms with Crippen LogP contribution in [0.25, 0.3) is 0 Å². The summed E-state index contributed by atoms with van der Waals surface area (Å²) < 4.78 is 5.49. The molecular formula is C17H22BrN3O5. The summed E-state index contributed by atoms with van der Waals surface area (Å²) in [6, 6.07) is 8.19. The molecule has 0 spiro atoms. The van der Waals surface area contributed by atoms with Gasteiger partial charge in [0, 0.05) is 13.0 Å². The molecule has 0 aliphatic heterocycles. The van der Waals surface area contributed by atoms with Gasteiger partial charge in [-0.2, -0.15) is 0 Å². The highest BCUT2D eigenvalue weighted by molar-refractivity contribution is 9.11. The fourth-order valence-electron chi connectivity index (χ4n) is 1.96. The number of carbonyl (C=O) groups excluding carboxylic acids is 3. The molecule has 9 heteroatoms. The van der Waals surface area contributed by atoms with Crippen molar-refractivity contribution in [2.24, 2.45) is 5.73 Å². The van der Waals surface area contributed by atoms with Crippen molar-refractivity contribution in [2.75, 3.05) is 6.54 Å². The van der Waals surface area contributed by atoms with Crippen molar-refractivity contribution in [3.05, 3.63) is 47.0 Å². The summed E-state index contributed by atoms with van der Waals surface area (Å²) in [4.78, 5) is 34.7. The Kier molecular flexibility index (Phi) is 9.38. The van der Waals surface area contributed by atoms with Crippen molar-refractivity contribution in [1.82, 2.24) is 10.6 Å². The molecule has 2 atom stereocenters. The third-order valence-electron chi connectivity index (χ3n) is 3.22. The van der Waals surface area contributed by atoms with Crippen molar-refractivity contribution in [2.45, 2.75) is 31.6 Å². The second kappa shape index (κ2) is 11.3. The van der Waals surface area contributed by atoms with Crippen LogP contribution in [0.1, 0.15) is 18.4 Å². The van der Waals surface area contributed by atoms with Gasteiger partial charge in [-0.3, -0.25) is 9.59 Å². The summed E-state index contributed by atoms with van der Waals surface area (Å²) >= 11 is 3.09. The summed E-state index contributed by atoms with van der Waals surface area (Å²) in [6.45, 7) is 3.50. The minimum Gasteiger partial charge on any atom is -0.445 e. The first-order valence-electron chi connectivity index (χ1n) is 7.82. The quantitative estimate of drug-likeness (QED) is 0.441. The average molecular weight is 428 g/mol. The Morgan fingerprint density at radius 1 is 1.23 bits per heavy atom. The standard InChI is InChI=1S/C17H22BrN3O5/c1-11(18)7-14(16(19)24)21-15(23)8-13(22)9-20-17(25)26-10-12-5-3-2-4-6-12/h2-6,13-14,22H,1,7-10H2,(H2,19,24)(H,20,25)(H,21,23)/t13-,14+/m0/s1. The lowest BCUT2D eigenvalue weighted by Crippen LogP contribution is -2.46. The summed E-state index contributed by atoms with van der Waals surface area (Å²) in [6.07, 6.45) is -2.02. The van der Waals surface area contributed by atoms with Crippen LogP contribution in [-0.2, 0) is 20.9 Å². The summed E-state index contributed by atoms with van der Waals surface area (Å²) in [5.74, 6) is -1.29. The highest BCUT2D eigenvalue weighted by atomic mass is 79.9. The lowest BCUT2D eigenvalue weighted by atomic mass is 10.1. The number of aliphatic hydroxyl groups excluding tert-OH is 1. The van der Waals surface area contributed by atoms with Crippen LogP contribution < -0.4 is 16.4 Å². The molecule has 0 saturated heterocycles. The maximum atomic E-state index is 11.8. The fraction of sp³-hybridized carbons (Fsp3) is 0.353. The van der Waals surface area contributed by atoms with Crippen LogP contribution >= 0.6 is 15.9 Å². The number of hydrogen-bond acceptors (Lipinski definition) is 5. The van der Waals surface area contributed by atoms with Crippen LogP contribution in [0, 0.1) is 0 Å². The van der Waals surface area contributed by atoms with Crippen LogP contribution in [-0.4, -0.2) is 41.7 Å². The Hall–Kier alpha value is -2.39. The van der Waals surface area contributed by atoms with E-state index >= 15 is 0 Å². The highest BCUT2D eigenvalue weighted by Gasteiger charge is 2.20. The molecule has 0 heterocycles. The zero-order chi connectivity index (χ0) is 19.5. The van der Waals surface area contributed by atoms with E-state index in [2.05, 4.69) is 33.1 Å². The molecule has 0 saturated carbocycles. The molecule has 5 N–H and O–H groups in total. The monoisotopic (exact) mass is 427 g/mol. The van der Waals surface area contributed by atoms with E-state index in [0.29, 0.717) is 4.48 Å². The summed E-state index contributed by atoms with van der Waals surface area (Å²) in [5, 5.41) is 14.6. The topological polar surface area (TPSA) is 131 Å². The molecule has 3 amide bonds. The normalized spacial score (nSPS) is 12.5. The lowest BCUT2D eigenvalue weighted by Gasteiger charge is -2.17. The van der Waals surface area contributed by atoms with E-state index in [1.54, 1.807) is 0 Å². The number of primary amides is 1. The molecule has 0 aromatic heterocycles. The first-order chi connectivity index (χ1) is 12.3. The van der Waals surface area contributed by atoms with E-state index in [4.69, 9.17) is 10.5 Å². The molecule has 0 aliphatic carbocycles. The molecule has 1 rings (SSSR count). The van der Waals surface area contributed by atoms with Crippen molar-refractivity contribution >= 4 is 33.8 Å². The molecular weight excluding hydrogens is 406 g/mol. The number of nitrogens with two attached hydrogens (primary N) is 1. The minimum absolute atomic E-state index is 0.0972. The van der Waals surface area contributed by atoms with Crippen molar-refractivity contribution in [3.8, 4) is 0 Å². The van der Waals surface area contributed by atoms with Crippen LogP contribution in [0.5, 0.6) is 0 Å². The second-order valence-electron chi connectivity index (χ2n) is 5.54. The van der Waals surface area contributed by atoms with Gasteiger partial charge in [0.25, 0.3) is 0 Å². The van der Waals surface area contributed by atoms with Crippen LogP contribution in [0.2, 0.25) is 0 Å². The van der Waals surface area contributed by atoms with Gasteiger partial charge in [0.2, 0.25) is 11.8 Å². The lowest BCUT2D eigenvalue weighted by molar-refractivity contribution is -0.128. The van der Waals surface area contributed by atoms with Crippen molar-refractivity contribution < 1.29 is 24.2 Å². The molecule has 26 heavy (non-hydrogen) atoms. The Morgan fingerprint density at radius 3 is 2.46 bits per heavy atom. The van der Waals surface area contributed by atoms with E-state index in [1.165, 1.54) is 0 Å². The molecule has 1 aromatic rings. The molecule has 1 aromatic carbocycles. The fourth-order valence-corrected chi connectivity index (χ4v) is 2.28. The molecule has 0 unspecified atom stereocenters. The van der Waals surface area contributed by atoms with Crippen LogP contribution in [0.15, 0.2) is 41.4 Å². The van der Waals surface area contributed by atoms with Gasteiger partial charge in [0.1, 0.15) is 12.6 Å². The van der Waals surface area contributed by atoms with Crippen LogP contribution in [0.3, 0.4) is 0 Å². The van der Waals surface area contributed by atoms with Gasteiger partial charge in [-0.15, -0.1) is 0 Å². The van der Waals surface area contributed by atoms with E-state index in [9.17, 15) is 19.5 Å². The Labute approximate surface area is 159 Å². The van der Waals surface area contributed by atoms with E-state index in [-0.39, 0.29) is 26.0 Å². The summed E-state index contributed by atoms with van der Waals surface area (Å²) in [7, 11) is 0. The maximum absolute atomic E-state index is 11.8. The van der Waals surface area contributed by atoms with Gasteiger partial charge in [-0.1, -0.05) is 52.8 Å². The van der Waals surface area contributed by atoms with Crippen LogP contribution in [0.4, 0.5) is 4.79 Å². The minimum atomic E-state index is -1.14. The highest BCUT2D eigenvalue weighted by Crippen LogP contribution is 2.10. The van der Waals surface area contributed by atoms with E-state index in [0.717, 1.165) is 5.56 Å². The number of rotatable bonds is 10. The molecule has 142 valence electrons. The van der Waals surface area contributed by atoms with Gasteiger partial charge >= 0.3 is 6.09 Å². The summed E-state index contributed by atoms with van der Waals surface area (Å²) in [5.41, 5.74) is 6.02. The smallest absolute Gasteiger partial charge is 0.407 e. The number of nitrogens with one attached hydrogen (secondary N) is 2. The number of hydrogen-bond donors (Lipinski definition) is 4. The van der Waals surface area contributed by atoms with Crippen molar-refractivity contribution in [3.63, 3.8) is 0 Å². The molecule has 0 radical (unpaired) electrons. The Morgan fingerprint density at radius 2 is 1.88 bits per heavy atom. The zero-order valence-electron chi connectivity index (χ0n) is 14.1. The largest absolute Gasteiger partial charge is 0.445 e. The number of halogens is 1. The third kappa shape index (κ3) is 9.19. The first-order valence-corrected chi connectivity index (χ1v) is 8.61. The number of benzene rings is 1. The van der Waals surface area contributed by atoms with Gasteiger partial charge in [0.15, 0.2) is 0 Å². The Balaban J connectivity index is 2.30. The molecule has 0 aliphatic rings. The third-order valence-corrected chi connectivity index (χ3v) is 3.54. The van der Waals surface area contributed by atoms with Crippen molar-refractivity contribution in [1.29, 1.82) is 0 Å². The number of amides is 3. The zero-order valence-corrected chi connectivity index (χ0v) is 15.7. The number of ether oxygens (including phenoxy) is 1. The number of aliphatic hydroxyl groups is 1. The van der Waals surface area contributed by atoms with E-state index < -0.39 is 30.1 Å². The first kappa shape index (κ1) is 21.7. The Bertz CT molecular complexity index is 639. The molecule has 0 bridgehead atoms. The van der Waals surface area contributed by atoms with Gasteiger partial charge < -0.3 is 26.2 Å². The molecule has 8 nitrogen and oxygen atoms in total. The molecule has 0 fully saturated rings. The second-order valence-corrected chi connectivity index (χ2v) is 6.67. The van der Waals surface area contributed by atoms with Gasteiger partial charge in [-0.25, -0.2) is 4.79 Å². The predicted molar refractivity (Wildman–Crippen MR) is 99.1 cm³/mol. The average Bonchev–Trinajstić information content (AvgIpc) is 2.58. The van der Waals surface area contributed by atoms with Gasteiger partial charge in [0.05, 0.1) is 12.5 Å². The number of carbonyl (C=O) groups is 3. The van der Waals surface area contributed by atoms with E-state index in [1.807, 2.05) is 30.3 Å². The SMILES string of the molecule is C=C(Br)C[C@@H](NC(=O)C[C@H](O)CNC(=O)OCc1ccccc1)C(N)=O. The van der Waals surface area contributed by atoms with Gasteiger partial charge in [-0.05, 0) is 10.0 Å². The maximum Gasteiger partial charge on any atom is 0.407 e. The number of alkyl carbamates (subject to hydrolysis) is 1.